The first-order chi connectivity index (χ1) is 7.05. The summed E-state index contributed by atoms with van der Waals surface area (Å²) in [4.78, 5) is 2.29. The van der Waals surface area contributed by atoms with E-state index in [1.54, 1.807) is 0 Å². The zero-order valence-corrected chi connectivity index (χ0v) is 10.2. The normalized spacial score (nSPS) is 23.8. The largest absolute Gasteiger partial charge is 0.388 e. The minimum Gasteiger partial charge on any atom is -0.388 e. The van der Waals surface area contributed by atoms with Crippen LogP contribution in [-0.4, -0.2) is 41.8 Å². The lowest BCUT2D eigenvalue weighted by atomic mass is 10.0. The van der Waals surface area contributed by atoms with E-state index in [9.17, 15) is 5.11 Å². The van der Waals surface area contributed by atoms with Crippen LogP contribution < -0.4 is 5.73 Å². The molecular weight excluding hydrogens is 188 g/mol. The van der Waals surface area contributed by atoms with Crippen molar-refractivity contribution < 1.29 is 5.11 Å². The quantitative estimate of drug-likeness (QED) is 0.695. The molecule has 3 heteroatoms. The number of hydrogen-bond acceptors (Lipinski definition) is 3. The molecule has 1 saturated carbocycles. The summed E-state index contributed by atoms with van der Waals surface area (Å²) >= 11 is 0. The zero-order chi connectivity index (χ0) is 11.3. The van der Waals surface area contributed by atoms with E-state index in [0.29, 0.717) is 19.1 Å². The fraction of sp³-hybridized carbons (Fsp3) is 1.00. The monoisotopic (exact) mass is 214 g/mol. The molecule has 0 aromatic carbocycles. The highest BCUT2D eigenvalue weighted by molar-refractivity contribution is 4.81. The summed E-state index contributed by atoms with van der Waals surface area (Å²) < 4.78 is 0. The Morgan fingerprint density at radius 1 is 1.27 bits per heavy atom. The van der Waals surface area contributed by atoms with Crippen molar-refractivity contribution in [3.63, 3.8) is 0 Å². The zero-order valence-electron chi connectivity index (χ0n) is 10.2. The highest BCUT2D eigenvalue weighted by atomic mass is 16.3. The third kappa shape index (κ3) is 4.49. The van der Waals surface area contributed by atoms with Crippen LogP contribution in [0.2, 0.25) is 0 Å². The first-order valence-electron chi connectivity index (χ1n) is 6.18. The average Bonchev–Trinajstić information content (AvgIpc) is 2.45. The van der Waals surface area contributed by atoms with Gasteiger partial charge in [0.1, 0.15) is 0 Å². The maximum atomic E-state index is 9.93. The van der Waals surface area contributed by atoms with Crippen LogP contribution in [0.15, 0.2) is 0 Å². The Balaban J connectivity index is 2.40. The molecule has 0 aromatic rings. The highest BCUT2D eigenvalue weighted by Gasteiger charge is 2.25. The third-order valence-electron chi connectivity index (χ3n) is 3.48. The summed E-state index contributed by atoms with van der Waals surface area (Å²) in [5.41, 5.74) is 4.80. The van der Waals surface area contributed by atoms with Crippen molar-refractivity contribution in [2.45, 2.75) is 57.1 Å². The summed E-state index contributed by atoms with van der Waals surface area (Å²) in [5, 5.41) is 9.93. The lowest BCUT2D eigenvalue weighted by Gasteiger charge is -2.33. The highest BCUT2D eigenvalue weighted by Crippen LogP contribution is 2.22. The van der Waals surface area contributed by atoms with Crippen molar-refractivity contribution in [2.75, 3.05) is 20.1 Å². The van der Waals surface area contributed by atoms with Gasteiger partial charge in [0.25, 0.3) is 0 Å². The van der Waals surface area contributed by atoms with Crippen LogP contribution in [0.1, 0.15) is 45.4 Å². The Morgan fingerprint density at radius 3 is 2.27 bits per heavy atom. The van der Waals surface area contributed by atoms with Gasteiger partial charge in [0, 0.05) is 19.1 Å². The molecular formula is C12H26N2O. The Kier molecular flexibility index (Phi) is 5.03. The van der Waals surface area contributed by atoms with Gasteiger partial charge in [-0.15, -0.1) is 0 Å². The van der Waals surface area contributed by atoms with Crippen molar-refractivity contribution >= 4 is 0 Å². The molecule has 15 heavy (non-hydrogen) atoms. The lowest BCUT2D eigenvalue weighted by molar-refractivity contribution is 0.0205. The summed E-state index contributed by atoms with van der Waals surface area (Å²) in [6.07, 6.45) is 7.96. The van der Waals surface area contributed by atoms with Gasteiger partial charge in [0.05, 0.1) is 5.60 Å². The Morgan fingerprint density at radius 2 is 1.80 bits per heavy atom. The van der Waals surface area contributed by atoms with Crippen molar-refractivity contribution in [2.24, 2.45) is 5.73 Å². The topological polar surface area (TPSA) is 49.5 Å². The molecule has 1 atom stereocenters. The van der Waals surface area contributed by atoms with Gasteiger partial charge in [-0.25, -0.2) is 0 Å². The Hall–Kier alpha value is -0.120. The molecule has 1 fully saturated rings. The second kappa shape index (κ2) is 5.83. The van der Waals surface area contributed by atoms with E-state index in [-0.39, 0.29) is 0 Å². The fourth-order valence-corrected chi connectivity index (χ4v) is 2.43. The van der Waals surface area contributed by atoms with Gasteiger partial charge in [0.15, 0.2) is 0 Å². The number of hydrogen-bond donors (Lipinski definition) is 2. The maximum Gasteiger partial charge on any atom is 0.0867 e. The van der Waals surface area contributed by atoms with Crippen molar-refractivity contribution in [1.82, 2.24) is 4.90 Å². The summed E-state index contributed by atoms with van der Waals surface area (Å²) in [5.74, 6) is 0. The molecule has 1 rings (SSSR count). The molecule has 0 aliphatic heterocycles. The predicted molar refractivity (Wildman–Crippen MR) is 63.8 cm³/mol. The van der Waals surface area contributed by atoms with Gasteiger partial charge in [-0.3, -0.25) is 0 Å². The van der Waals surface area contributed by atoms with E-state index in [2.05, 4.69) is 11.9 Å². The SMILES string of the molecule is CN(CC(C)(O)CN)C1CCCCCC1. The van der Waals surface area contributed by atoms with Crippen LogP contribution in [0.3, 0.4) is 0 Å². The lowest BCUT2D eigenvalue weighted by Crippen LogP contribution is -2.47. The minimum absolute atomic E-state index is 0.337. The molecule has 90 valence electrons. The van der Waals surface area contributed by atoms with Crippen LogP contribution >= 0.6 is 0 Å². The maximum absolute atomic E-state index is 9.93. The van der Waals surface area contributed by atoms with E-state index >= 15 is 0 Å². The molecule has 1 unspecified atom stereocenters. The van der Waals surface area contributed by atoms with E-state index < -0.39 is 5.60 Å². The number of likely N-dealkylation sites (N-methyl/N-ethyl adjacent to an activating group) is 1. The van der Waals surface area contributed by atoms with Gasteiger partial charge in [-0.2, -0.15) is 0 Å². The summed E-state index contributed by atoms with van der Waals surface area (Å²) in [7, 11) is 2.11. The Bertz CT molecular complexity index is 174. The second-order valence-electron chi connectivity index (χ2n) is 5.26. The molecule has 0 saturated heterocycles. The van der Waals surface area contributed by atoms with Gasteiger partial charge >= 0.3 is 0 Å². The van der Waals surface area contributed by atoms with E-state index in [4.69, 9.17) is 5.73 Å². The van der Waals surface area contributed by atoms with Crippen LogP contribution in [0.5, 0.6) is 0 Å². The van der Waals surface area contributed by atoms with Gasteiger partial charge in [-0.1, -0.05) is 25.7 Å². The average molecular weight is 214 g/mol. The first kappa shape index (κ1) is 12.9. The smallest absolute Gasteiger partial charge is 0.0867 e. The molecule has 0 spiro atoms. The van der Waals surface area contributed by atoms with E-state index in [1.165, 1.54) is 38.5 Å². The predicted octanol–water partition coefficient (Wildman–Crippen LogP) is 1.35. The molecule has 0 heterocycles. The molecule has 0 amide bonds. The molecule has 3 N–H and O–H groups in total. The number of nitrogens with zero attached hydrogens (tertiary/aromatic N) is 1. The molecule has 0 radical (unpaired) electrons. The fourth-order valence-electron chi connectivity index (χ4n) is 2.43. The second-order valence-corrected chi connectivity index (χ2v) is 5.26. The molecule has 3 nitrogen and oxygen atoms in total. The number of rotatable bonds is 4. The van der Waals surface area contributed by atoms with E-state index in [0.717, 1.165) is 0 Å². The Labute approximate surface area is 93.6 Å². The molecule has 0 bridgehead atoms. The van der Waals surface area contributed by atoms with Crippen LogP contribution in [0, 0.1) is 0 Å². The molecule has 1 aliphatic carbocycles. The van der Waals surface area contributed by atoms with Gasteiger partial charge < -0.3 is 15.7 Å². The first-order valence-corrected chi connectivity index (χ1v) is 6.18. The standard InChI is InChI=1S/C12H26N2O/c1-12(15,9-13)10-14(2)11-7-5-3-4-6-8-11/h11,15H,3-10,13H2,1-2H3. The van der Waals surface area contributed by atoms with Crippen LogP contribution in [0.25, 0.3) is 0 Å². The summed E-state index contributed by atoms with van der Waals surface area (Å²) in [6.45, 7) is 2.85. The van der Waals surface area contributed by atoms with Gasteiger partial charge in [-0.05, 0) is 26.8 Å². The number of aliphatic hydroxyl groups is 1. The number of nitrogens with two attached hydrogens (primary N) is 1. The van der Waals surface area contributed by atoms with E-state index in [1.807, 2.05) is 6.92 Å². The molecule has 0 aromatic heterocycles. The third-order valence-corrected chi connectivity index (χ3v) is 3.48. The van der Waals surface area contributed by atoms with Crippen molar-refractivity contribution in [3.8, 4) is 0 Å². The molecule has 1 aliphatic rings. The minimum atomic E-state index is -0.735. The van der Waals surface area contributed by atoms with Crippen LogP contribution in [-0.2, 0) is 0 Å². The van der Waals surface area contributed by atoms with Crippen LogP contribution in [0.4, 0.5) is 0 Å². The van der Waals surface area contributed by atoms with Gasteiger partial charge in [0.2, 0.25) is 0 Å². The van der Waals surface area contributed by atoms with Crippen molar-refractivity contribution in [3.05, 3.63) is 0 Å². The summed E-state index contributed by atoms with van der Waals surface area (Å²) in [6, 6.07) is 0.644. The van der Waals surface area contributed by atoms with Crippen molar-refractivity contribution in [1.29, 1.82) is 0 Å².